The number of esters is 1. The van der Waals surface area contributed by atoms with Crippen molar-refractivity contribution in [2.45, 2.75) is 64.0 Å². The highest BCUT2D eigenvalue weighted by Gasteiger charge is 2.46. The van der Waals surface area contributed by atoms with E-state index in [0.717, 1.165) is 38.3 Å². The molecule has 0 aromatic carbocycles. The summed E-state index contributed by atoms with van der Waals surface area (Å²) in [6.07, 6.45) is 6.68. The molecule has 1 N–H and O–H groups in total. The Hall–Kier alpha value is -0.610. The summed E-state index contributed by atoms with van der Waals surface area (Å²) in [5.74, 6) is 0.801. The van der Waals surface area contributed by atoms with Crippen molar-refractivity contribution in [3.8, 4) is 0 Å². The monoisotopic (exact) mass is 269 g/mol. The van der Waals surface area contributed by atoms with Gasteiger partial charge in [-0.2, -0.15) is 0 Å². The lowest BCUT2D eigenvalue weighted by atomic mass is 9.97. The molecule has 4 heteroatoms. The molecule has 0 spiro atoms. The van der Waals surface area contributed by atoms with Gasteiger partial charge >= 0.3 is 5.97 Å². The van der Waals surface area contributed by atoms with Gasteiger partial charge in [-0.25, -0.2) is 0 Å². The van der Waals surface area contributed by atoms with Gasteiger partial charge in [0.15, 0.2) is 0 Å². The largest absolute Gasteiger partial charge is 0.465 e. The van der Waals surface area contributed by atoms with Crippen molar-refractivity contribution in [1.82, 2.24) is 5.32 Å². The fraction of sp³-hybridized carbons (Fsp3) is 0.933. The smallest absolute Gasteiger partial charge is 0.326 e. The summed E-state index contributed by atoms with van der Waals surface area (Å²) in [5.41, 5.74) is -0.505. The lowest BCUT2D eigenvalue weighted by molar-refractivity contribution is -0.151. The quantitative estimate of drug-likeness (QED) is 0.687. The fourth-order valence-corrected chi connectivity index (χ4v) is 2.98. The van der Waals surface area contributed by atoms with Crippen LogP contribution in [0.4, 0.5) is 0 Å². The zero-order chi connectivity index (χ0) is 13.7. The highest BCUT2D eigenvalue weighted by molar-refractivity contribution is 5.81. The minimum Gasteiger partial charge on any atom is -0.465 e. The molecule has 0 aromatic heterocycles. The Labute approximate surface area is 116 Å². The minimum atomic E-state index is -0.505. The molecule has 0 saturated heterocycles. The summed E-state index contributed by atoms with van der Waals surface area (Å²) >= 11 is 0. The van der Waals surface area contributed by atoms with Crippen molar-refractivity contribution in [3.05, 3.63) is 0 Å². The maximum absolute atomic E-state index is 12.2. The van der Waals surface area contributed by atoms with Crippen LogP contribution in [0.1, 0.15) is 52.4 Å². The van der Waals surface area contributed by atoms with Crippen LogP contribution in [0.25, 0.3) is 0 Å². The van der Waals surface area contributed by atoms with Gasteiger partial charge in [0.25, 0.3) is 0 Å². The highest BCUT2D eigenvalue weighted by Crippen LogP contribution is 2.35. The summed E-state index contributed by atoms with van der Waals surface area (Å²) in [7, 11) is 0. The van der Waals surface area contributed by atoms with E-state index in [1.165, 1.54) is 19.3 Å². The number of rotatable bonds is 8. The maximum atomic E-state index is 12.2. The van der Waals surface area contributed by atoms with Crippen LogP contribution in [0.5, 0.6) is 0 Å². The third-order valence-corrected chi connectivity index (χ3v) is 4.23. The number of likely N-dealkylation sites (N-methyl/N-ethyl adjacent to an activating group) is 1. The lowest BCUT2D eigenvalue weighted by Gasteiger charge is -2.27. The van der Waals surface area contributed by atoms with Gasteiger partial charge in [0.2, 0.25) is 0 Å². The third-order valence-electron chi connectivity index (χ3n) is 4.23. The first-order valence-corrected chi connectivity index (χ1v) is 7.74. The van der Waals surface area contributed by atoms with Gasteiger partial charge in [-0.15, -0.1) is 0 Å². The zero-order valence-corrected chi connectivity index (χ0v) is 12.2. The Bertz CT molecular complexity index is 304. The normalized spacial score (nSPS) is 30.5. The molecule has 0 amide bonds. The van der Waals surface area contributed by atoms with Crippen LogP contribution in [-0.2, 0) is 14.3 Å². The van der Waals surface area contributed by atoms with Crippen molar-refractivity contribution in [1.29, 1.82) is 0 Å². The topological polar surface area (TPSA) is 47.6 Å². The van der Waals surface area contributed by atoms with Crippen LogP contribution in [-0.4, -0.2) is 37.4 Å². The first-order valence-electron chi connectivity index (χ1n) is 7.74. The van der Waals surface area contributed by atoms with Crippen molar-refractivity contribution in [3.63, 3.8) is 0 Å². The van der Waals surface area contributed by atoms with Crippen molar-refractivity contribution >= 4 is 5.97 Å². The van der Waals surface area contributed by atoms with Crippen LogP contribution in [0.2, 0.25) is 0 Å². The van der Waals surface area contributed by atoms with Crippen molar-refractivity contribution in [2.24, 2.45) is 5.92 Å². The Balaban J connectivity index is 1.81. The van der Waals surface area contributed by atoms with E-state index in [9.17, 15) is 4.79 Å². The first-order chi connectivity index (χ1) is 9.20. The molecule has 4 nitrogen and oxygen atoms in total. The molecule has 0 aromatic rings. The Morgan fingerprint density at radius 2 is 2.11 bits per heavy atom. The molecule has 2 atom stereocenters. The number of ether oxygens (including phenoxy) is 2. The molecular weight excluding hydrogens is 242 g/mol. The fourth-order valence-electron chi connectivity index (χ4n) is 2.98. The molecule has 0 radical (unpaired) electrons. The molecule has 2 unspecified atom stereocenters. The summed E-state index contributed by atoms with van der Waals surface area (Å²) < 4.78 is 11.2. The molecule has 0 bridgehead atoms. The number of hydrogen-bond donors (Lipinski definition) is 1. The van der Waals surface area contributed by atoms with Gasteiger partial charge in [-0.05, 0) is 38.6 Å². The Morgan fingerprint density at radius 1 is 1.32 bits per heavy atom. The predicted molar refractivity (Wildman–Crippen MR) is 74.0 cm³/mol. The summed E-state index contributed by atoms with van der Waals surface area (Å²) in [6, 6.07) is 0. The van der Waals surface area contributed by atoms with E-state index in [-0.39, 0.29) is 12.1 Å². The van der Waals surface area contributed by atoms with Crippen LogP contribution in [0, 0.1) is 5.92 Å². The van der Waals surface area contributed by atoms with Gasteiger partial charge in [0.05, 0.1) is 12.7 Å². The molecule has 0 heterocycles. The number of carbonyl (C=O) groups is 1. The van der Waals surface area contributed by atoms with Crippen molar-refractivity contribution < 1.29 is 14.3 Å². The van der Waals surface area contributed by atoms with E-state index >= 15 is 0 Å². The van der Waals surface area contributed by atoms with Gasteiger partial charge in [-0.3, -0.25) is 4.79 Å². The van der Waals surface area contributed by atoms with E-state index in [0.29, 0.717) is 6.61 Å². The minimum absolute atomic E-state index is 0.106. The predicted octanol–water partition coefficient (Wildman–Crippen LogP) is 2.27. The highest BCUT2D eigenvalue weighted by atomic mass is 16.5. The van der Waals surface area contributed by atoms with Gasteiger partial charge in [-0.1, -0.05) is 19.8 Å². The average Bonchev–Trinajstić information content (AvgIpc) is 3.11. The molecule has 2 aliphatic carbocycles. The Kier molecular flexibility index (Phi) is 5.22. The molecule has 2 rings (SSSR count). The molecule has 2 aliphatic rings. The van der Waals surface area contributed by atoms with E-state index < -0.39 is 5.54 Å². The van der Waals surface area contributed by atoms with Crippen molar-refractivity contribution in [2.75, 3.05) is 19.8 Å². The molecule has 2 fully saturated rings. The van der Waals surface area contributed by atoms with Crippen LogP contribution < -0.4 is 5.32 Å². The second-order valence-corrected chi connectivity index (χ2v) is 5.80. The third kappa shape index (κ3) is 3.93. The van der Waals surface area contributed by atoms with Crippen LogP contribution >= 0.6 is 0 Å². The maximum Gasteiger partial charge on any atom is 0.326 e. The molecular formula is C15H27NO3. The summed E-state index contributed by atoms with van der Waals surface area (Å²) in [4.78, 5) is 12.2. The molecule has 19 heavy (non-hydrogen) atoms. The lowest BCUT2D eigenvalue weighted by Crippen LogP contribution is -2.51. The van der Waals surface area contributed by atoms with Gasteiger partial charge < -0.3 is 14.8 Å². The second kappa shape index (κ2) is 6.71. The first kappa shape index (κ1) is 14.8. The van der Waals surface area contributed by atoms with Crippen LogP contribution in [0.15, 0.2) is 0 Å². The Morgan fingerprint density at radius 3 is 2.74 bits per heavy atom. The average molecular weight is 269 g/mol. The van der Waals surface area contributed by atoms with Gasteiger partial charge in [0, 0.05) is 13.0 Å². The summed E-state index contributed by atoms with van der Waals surface area (Å²) in [6.45, 7) is 5.96. The summed E-state index contributed by atoms with van der Waals surface area (Å²) in [5, 5.41) is 3.33. The second-order valence-electron chi connectivity index (χ2n) is 5.80. The van der Waals surface area contributed by atoms with E-state index in [2.05, 4.69) is 5.32 Å². The van der Waals surface area contributed by atoms with Crippen LogP contribution in [0.3, 0.4) is 0 Å². The standard InChI is InChI=1S/C15H27NO3/c1-3-16-15(14(17)18-4-2)9-7-13(11-15)19-10-8-12-5-6-12/h12-13,16H,3-11H2,1-2H3. The molecule has 0 aliphatic heterocycles. The SMILES string of the molecule is CCNC1(C(=O)OCC)CCC(OCCC2CC2)C1. The van der Waals surface area contributed by atoms with Gasteiger partial charge in [0.1, 0.15) is 5.54 Å². The zero-order valence-electron chi connectivity index (χ0n) is 12.2. The van der Waals surface area contributed by atoms with E-state index in [1.54, 1.807) is 0 Å². The van der Waals surface area contributed by atoms with E-state index in [1.807, 2.05) is 13.8 Å². The number of nitrogens with one attached hydrogen (secondary N) is 1. The molecule has 110 valence electrons. The van der Waals surface area contributed by atoms with E-state index in [4.69, 9.17) is 9.47 Å². The molecule has 2 saturated carbocycles. The number of hydrogen-bond acceptors (Lipinski definition) is 4. The number of carbonyl (C=O) groups excluding carboxylic acids is 1.